The summed E-state index contributed by atoms with van der Waals surface area (Å²) in [5.41, 5.74) is 3.72. The summed E-state index contributed by atoms with van der Waals surface area (Å²) < 4.78 is 28.9. The third kappa shape index (κ3) is 4.57. The number of aromatic nitrogens is 5. The van der Waals surface area contributed by atoms with Gasteiger partial charge in [0.15, 0.2) is 11.5 Å². The van der Waals surface area contributed by atoms with Crippen LogP contribution >= 0.6 is 0 Å². The van der Waals surface area contributed by atoms with E-state index in [4.69, 9.17) is 0 Å². The number of carbonyl (C=O) groups is 1. The number of fused-ring (bicyclic) bond motifs is 2. The Balaban J connectivity index is 1.44. The molecule has 0 atom stereocenters. The number of anilines is 2. The van der Waals surface area contributed by atoms with Crippen LogP contribution in [-0.4, -0.2) is 70.9 Å². The van der Waals surface area contributed by atoms with Crippen molar-refractivity contribution in [1.82, 2.24) is 34.2 Å². The third-order valence-corrected chi connectivity index (χ3v) is 6.68. The maximum absolute atomic E-state index is 13.2. The number of rotatable bonds is 7. The highest BCUT2D eigenvalue weighted by Gasteiger charge is 2.28. The maximum atomic E-state index is 13.2. The Morgan fingerprint density at radius 1 is 1.17 bits per heavy atom. The Hall–Kier alpha value is -3.55. The molecule has 4 heterocycles. The van der Waals surface area contributed by atoms with Crippen molar-refractivity contribution in [3.05, 3.63) is 47.7 Å². The van der Waals surface area contributed by atoms with Crippen molar-refractivity contribution >= 4 is 44.0 Å². The smallest absolute Gasteiger partial charge is 0.259 e. The number of hydrogen-bond acceptors (Lipinski definition) is 8. The second kappa shape index (κ2) is 8.59. The fraction of sp³-hybridized carbons (Fsp3) is 0.364. The number of nitrogens with zero attached hydrogens (tertiary/aromatic N) is 6. The average Bonchev–Trinajstić information content (AvgIpc) is 3.33. The topological polar surface area (TPSA) is 139 Å². The molecule has 0 radical (unpaired) electrons. The number of likely N-dealkylation sites (N-methyl/N-ethyl adjacent to an activating group) is 1. The molecule has 35 heavy (non-hydrogen) atoms. The van der Waals surface area contributed by atoms with E-state index < -0.39 is 10.0 Å². The predicted molar refractivity (Wildman–Crippen MR) is 133 cm³/mol. The molecule has 1 fully saturated rings. The molecule has 0 bridgehead atoms. The van der Waals surface area contributed by atoms with E-state index in [1.165, 1.54) is 0 Å². The minimum absolute atomic E-state index is 0.00462. The number of sulfonamides is 1. The van der Waals surface area contributed by atoms with E-state index in [1.807, 2.05) is 26.4 Å². The molecule has 1 aliphatic heterocycles. The number of hydrogen-bond donors (Lipinski definition) is 3. The first-order chi connectivity index (χ1) is 16.6. The van der Waals surface area contributed by atoms with Crippen molar-refractivity contribution in [3.63, 3.8) is 0 Å². The van der Waals surface area contributed by atoms with Gasteiger partial charge in [-0.15, -0.1) is 0 Å². The average molecular weight is 498 g/mol. The molecule has 1 aromatic carbocycles. The second-order valence-corrected chi connectivity index (χ2v) is 10.7. The van der Waals surface area contributed by atoms with Crippen LogP contribution in [0.1, 0.15) is 21.7 Å². The molecule has 1 amide bonds. The van der Waals surface area contributed by atoms with Crippen LogP contribution in [0.5, 0.6) is 0 Å². The van der Waals surface area contributed by atoms with Gasteiger partial charge in [-0.05, 0) is 26.1 Å². The molecule has 3 aromatic heterocycles. The first kappa shape index (κ1) is 23.2. The Kier molecular flexibility index (Phi) is 5.69. The minimum Gasteiger partial charge on any atom is -0.368 e. The van der Waals surface area contributed by atoms with Gasteiger partial charge in [-0.3, -0.25) is 14.5 Å². The van der Waals surface area contributed by atoms with Crippen molar-refractivity contribution in [2.75, 3.05) is 36.6 Å². The number of carbonyl (C=O) groups excluding carboxylic acids is 1. The standard InChI is InChI=1S/C22H27N9O3S/c1-13-8-31-12-19(26-21(31)17(25-13)7-24-35(4,33)34)27-22(32)15-5-6-18(30-9-14(10-30)23-2)16-11-29(3)28-20(15)16/h5-6,8,11-12,14,23-24H,7,9-10H2,1-4H3,(H,27,32). The van der Waals surface area contributed by atoms with Crippen molar-refractivity contribution in [1.29, 1.82) is 0 Å². The van der Waals surface area contributed by atoms with Gasteiger partial charge in [-0.2, -0.15) is 5.10 Å². The van der Waals surface area contributed by atoms with E-state index in [2.05, 4.69) is 35.3 Å². The van der Waals surface area contributed by atoms with E-state index in [1.54, 1.807) is 34.5 Å². The first-order valence-electron chi connectivity index (χ1n) is 11.1. The zero-order chi connectivity index (χ0) is 24.9. The summed E-state index contributed by atoms with van der Waals surface area (Å²) >= 11 is 0. The van der Waals surface area contributed by atoms with Crippen LogP contribution in [0.15, 0.2) is 30.7 Å². The zero-order valence-corrected chi connectivity index (χ0v) is 20.7. The van der Waals surface area contributed by atoms with E-state index >= 15 is 0 Å². The molecule has 0 saturated carbocycles. The summed E-state index contributed by atoms with van der Waals surface area (Å²) in [7, 11) is 0.394. The summed E-state index contributed by atoms with van der Waals surface area (Å²) in [4.78, 5) is 24.4. The van der Waals surface area contributed by atoms with Crippen molar-refractivity contribution in [3.8, 4) is 0 Å². The molecular formula is C22H27N9O3S. The lowest BCUT2D eigenvalue weighted by atomic mass is 10.0. The molecule has 13 heteroatoms. The van der Waals surface area contributed by atoms with E-state index in [-0.39, 0.29) is 12.5 Å². The monoisotopic (exact) mass is 497 g/mol. The van der Waals surface area contributed by atoms with Crippen LogP contribution in [0.3, 0.4) is 0 Å². The molecule has 5 rings (SSSR count). The molecule has 0 unspecified atom stereocenters. The van der Waals surface area contributed by atoms with Gasteiger partial charge in [-0.25, -0.2) is 18.1 Å². The van der Waals surface area contributed by atoms with E-state index in [0.717, 1.165) is 30.4 Å². The largest absolute Gasteiger partial charge is 0.368 e. The Labute approximate surface area is 202 Å². The summed E-state index contributed by atoms with van der Waals surface area (Å²) in [5, 5.41) is 11.6. The van der Waals surface area contributed by atoms with E-state index in [9.17, 15) is 13.2 Å². The van der Waals surface area contributed by atoms with Gasteiger partial charge in [0.2, 0.25) is 10.0 Å². The second-order valence-electron chi connectivity index (χ2n) is 8.82. The predicted octanol–water partition coefficient (Wildman–Crippen LogP) is 0.634. The highest BCUT2D eigenvalue weighted by atomic mass is 32.2. The lowest BCUT2D eigenvalue weighted by molar-refractivity contribution is 0.102. The van der Waals surface area contributed by atoms with Crippen molar-refractivity contribution in [2.24, 2.45) is 7.05 Å². The normalized spacial score (nSPS) is 14.6. The number of aryl methyl sites for hydroxylation is 2. The number of amides is 1. The van der Waals surface area contributed by atoms with Gasteiger partial charge in [0.05, 0.1) is 35.9 Å². The Bertz CT molecular complexity index is 1550. The lowest BCUT2D eigenvalue weighted by Crippen LogP contribution is -2.57. The number of nitrogens with one attached hydrogen (secondary N) is 3. The van der Waals surface area contributed by atoms with Crippen LogP contribution in [0.25, 0.3) is 16.6 Å². The molecule has 4 aromatic rings. The molecular weight excluding hydrogens is 470 g/mol. The van der Waals surface area contributed by atoms with Crippen molar-refractivity contribution < 1.29 is 13.2 Å². The van der Waals surface area contributed by atoms with Crippen LogP contribution in [-0.2, 0) is 23.6 Å². The minimum atomic E-state index is -3.40. The van der Waals surface area contributed by atoms with Crippen LogP contribution < -0.4 is 20.3 Å². The molecule has 184 valence electrons. The molecule has 3 N–H and O–H groups in total. The first-order valence-corrected chi connectivity index (χ1v) is 13.0. The molecule has 0 aliphatic carbocycles. The molecule has 0 spiro atoms. The van der Waals surface area contributed by atoms with Gasteiger partial charge in [0.25, 0.3) is 5.91 Å². The molecule has 1 aliphatic rings. The Morgan fingerprint density at radius 2 is 1.94 bits per heavy atom. The van der Waals surface area contributed by atoms with Crippen LogP contribution in [0, 0.1) is 6.92 Å². The van der Waals surface area contributed by atoms with Gasteiger partial charge >= 0.3 is 0 Å². The van der Waals surface area contributed by atoms with Gasteiger partial charge in [-0.1, -0.05) is 0 Å². The quantitative estimate of drug-likeness (QED) is 0.338. The third-order valence-electron chi connectivity index (χ3n) is 6.01. The zero-order valence-electron chi connectivity index (χ0n) is 19.9. The molecule has 1 saturated heterocycles. The highest BCUT2D eigenvalue weighted by molar-refractivity contribution is 7.88. The van der Waals surface area contributed by atoms with Crippen LogP contribution in [0.4, 0.5) is 11.5 Å². The maximum Gasteiger partial charge on any atom is 0.259 e. The van der Waals surface area contributed by atoms with E-state index in [0.29, 0.717) is 40.0 Å². The molecule has 12 nitrogen and oxygen atoms in total. The lowest BCUT2D eigenvalue weighted by Gasteiger charge is -2.41. The summed E-state index contributed by atoms with van der Waals surface area (Å²) in [6, 6.07) is 4.20. The highest BCUT2D eigenvalue weighted by Crippen LogP contribution is 2.32. The Morgan fingerprint density at radius 3 is 2.66 bits per heavy atom. The number of imidazole rings is 1. The summed E-state index contributed by atoms with van der Waals surface area (Å²) in [5.74, 6) is -0.00312. The summed E-state index contributed by atoms with van der Waals surface area (Å²) in [6.07, 6.45) is 6.45. The van der Waals surface area contributed by atoms with Gasteiger partial charge < -0.3 is 19.9 Å². The van der Waals surface area contributed by atoms with Gasteiger partial charge in [0, 0.05) is 49.6 Å². The van der Waals surface area contributed by atoms with Crippen molar-refractivity contribution in [2.45, 2.75) is 19.5 Å². The fourth-order valence-corrected chi connectivity index (χ4v) is 4.68. The van der Waals surface area contributed by atoms with Gasteiger partial charge in [0.1, 0.15) is 5.52 Å². The summed E-state index contributed by atoms with van der Waals surface area (Å²) in [6.45, 7) is 3.60. The fourth-order valence-electron chi connectivity index (χ4n) is 4.28. The number of benzene rings is 1. The SMILES string of the molecule is CNC1CN(c2ccc(C(=O)Nc3cn4cc(C)nc(CNS(C)(=O)=O)c4n3)c3nn(C)cc23)C1. The van der Waals surface area contributed by atoms with Crippen LogP contribution in [0.2, 0.25) is 0 Å².